The quantitative estimate of drug-likeness (QED) is 0.227. The van der Waals surface area contributed by atoms with Crippen LogP contribution in [-0.2, 0) is 21.2 Å². The third-order valence-corrected chi connectivity index (χ3v) is 8.44. The molecule has 0 saturated heterocycles. The van der Waals surface area contributed by atoms with Gasteiger partial charge in [0.15, 0.2) is 0 Å². The van der Waals surface area contributed by atoms with Crippen LogP contribution in [0.3, 0.4) is 0 Å². The van der Waals surface area contributed by atoms with Gasteiger partial charge >= 0.3 is 5.97 Å². The molecule has 8 heteroatoms. The third-order valence-electron chi connectivity index (χ3n) is 7.11. The van der Waals surface area contributed by atoms with Crippen LogP contribution in [0.1, 0.15) is 27.2 Å². The van der Waals surface area contributed by atoms with E-state index in [1.807, 2.05) is 73.7 Å². The van der Waals surface area contributed by atoms with Crippen LogP contribution in [0.2, 0.25) is 0 Å². The number of para-hydroxylation sites is 1. The fourth-order valence-electron chi connectivity index (χ4n) is 5.03. The molecule has 204 valence electrons. The summed E-state index contributed by atoms with van der Waals surface area (Å²) in [7, 11) is -2.59. The maximum Gasteiger partial charge on any atom is 0.337 e. The van der Waals surface area contributed by atoms with E-state index in [4.69, 9.17) is 9.72 Å². The Kier molecular flexibility index (Phi) is 6.77. The Balaban J connectivity index is 1.63. The Morgan fingerprint density at radius 3 is 2.27 bits per heavy atom. The number of carbonyl (C=O) groups excluding carboxylic acids is 1. The van der Waals surface area contributed by atoms with Crippen LogP contribution in [0.15, 0.2) is 114 Å². The smallest absolute Gasteiger partial charge is 0.337 e. The van der Waals surface area contributed by atoms with E-state index in [9.17, 15) is 13.2 Å². The Labute approximate surface area is 238 Å². The first-order valence-corrected chi connectivity index (χ1v) is 14.6. The van der Waals surface area contributed by atoms with Crippen molar-refractivity contribution in [2.24, 2.45) is 0 Å². The van der Waals surface area contributed by atoms with E-state index in [2.05, 4.69) is 4.83 Å². The summed E-state index contributed by atoms with van der Waals surface area (Å²) in [6.07, 6.45) is 2.23. The number of fused-ring (bicyclic) bond motifs is 3. The molecule has 2 aliphatic heterocycles. The number of carbonyl (C=O) groups is 1. The maximum atomic E-state index is 13.7. The number of nitrogens with zero attached hydrogens (tertiary/aromatic N) is 2. The Bertz CT molecular complexity index is 1950. The molecule has 4 aromatic carbocycles. The van der Waals surface area contributed by atoms with Crippen molar-refractivity contribution in [1.82, 2.24) is 9.66 Å². The molecule has 2 aliphatic rings. The normalized spacial score (nSPS) is 11.6. The molecule has 7 nitrogen and oxygen atoms in total. The number of benzene rings is 4. The largest absolute Gasteiger partial charge is 0.465 e. The van der Waals surface area contributed by atoms with Crippen molar-refractivity contribution in [3.8, 4) is 22.4 Å². The van der Waals surface area contributed by atoms with Gasteiger partial charge in [-0.25, -0.2) is 14.6 Å². The minimum absolute atomic E-state index is 0.163. The molecule has 0 aromatic heterocycles. The lowest BCUT2D eigenvalue weighted by molar-refractivity contribution is 0.0600. The maximum absolute atomic E-state index is 13.7. The molecule has 0 amide bonds. The zero-order chi connectivity index (χ0) is 28.6. The summed E-state index contributed by atoms with van der Waals surface area (Å²) in [5.41, 5.74) is 7.00. The van der Waals surface area contributed by atoms with Gasteiger partial charge in [0.05, 0.1) is 34.5 Å². The lowest BCUT2D eigenvalue weighted by Gasteiger charge is -2.23. The van der Waals surface area contributed by atoms with Gasteiger partial charge in [0, 0.05) is 29.1 Å². The monoisotopic (exact) mass is 561 g/mol. The first kappa shape index (κ1) is 26.3. The number of aryl methyl sites for hydroxylation is 1. The standard InChI is InChI=1S/C33H27N3O4S/c1-22-12-18-26(19-13-22)41(38,39)35-36-21-28-27-10-6-7-11-29(27)34-32(28)31(30(36)20-23-8-4-3-5-9-23)24-14-16-25(17-15-24)33(37)40-2/h3-19,21,35H,20H2,1-2H3. The molecule has 0 spiro atoms. The van der Waals surface area contributed by atoms with Crippen LogP contribution in [0.5, 0.6) is 0 Å². The topological polar surface area (TPSA) is 90.3 Å². The van der Waals surface area contributed by atoms with Crippen LogP contribution >= 0.6 is 0 Å². The van der Waals surface area contributed by atoms with Gasteiger partial charge in [0.25, 0.3) is 10.0 Å². The predicted octanol–water partition coefficient (Wildman–Crippen LogP) is 6.43. The van der Waals surface area contributed by atoms with Crippen molar-refractivity contribution in [2.45, 2.75) is 18.2 Å². The van der Waals surface area contributed by atoms with Crippen molar-refractivity contribution in [3.63, 3.8) is 0 Å². The van der Waals surface area contributed by atoms with Gasteiger partial charge in [-0.3, -0.25) is 4.68 Å². The van der Waals surface area contributed by atoms with Crippen LogP contribution in [-0.4, -0.2) is 31.2 Å². The highest BCUT2D eigenvalue weighted by Gasteiger charge is 2.26. The van der Waals surface area contributed by atoms with Crippen LogP contribution in [0.4, 0.5) is 0 Å². The average molecular weight is 562 g/mol. The highest BCUT2D eigenvalue weighted by molar-refractivity contribution is 7.92. The van der Waals surface area contributed by atoms with Crippen LogP contribution in [0, 0.1) is 6.92 Å². The van der Waals surface area contributed by atoms with Gasteiger partial charge in [-0.05, 0) is 48.4 Å². The molecule has 0 atom stereocenters. The summed E-state index contributed by atoms with van der Waals surface area (Å²) < 4.78 is 33.8. The summed E-state index contributed by atoms with van der Waals surface area (Å²) in [4.78, 5) is 20.1. The number of hydrogen-bond donors (Lipinski definition) is 1. The molecule has 6 rings (SSSR count). The van der Waals surface area contributed by atoms with Crippen molar-refractivity contribution >= 4 is 26.9 Å². The van der Waals surface area contributed by atoms with Gasteiger partial charge in [-0.2, -0.15) is 8.42 Å². The molecule has 0 radical (unpaired) electrons. The number of aromatic nitrogens is 2. The predicted molar refractivity (Wildman–Crippen MR) is 160 cm³/mol. The number of hydrogen-bond acceptors (Lipinski definition) is 5. The number of esters is 1. The van der Waals surface area contributed by atoms with E-state index in [1.54, 1.807) is 47.3 Å². The highest BCUT2D eigenvalue weighted by atomic mass is 32.2. The molecule has 1 N–H and O–H groups in total. The third kappa shape index (κ3) is 5.05. The molecular formula is C33H27N3O4S. The number of nitrogens with one attached hydrogen (secondary N) is 1. The lowest BCUT2D eigenvalue weighted by atomic mass is 9.93. The van der Waals surface area contributed by atoms with Crippen molar-refractivity contribution in [2.75, 3.05) is 11.9 Å². The molecule has 0 fully saturated rings. The summed E-state index contributed by atoms with van der Waals surface area (Å²) in [6.45, 7) is 1.91. The molecule has 0 bridgehead atoms. The highest BCUT2D eigenvalue weighted by Crippen LogP contribution is 2.41. The Morgan fingerprint density at radius 1 is 0.878 bits per heavy atom. The second-order valence-corrected chi connectivity index (χ2v) is 11.5. The van der Waals surface area contributed by atoms with Gasteiger partial charge in [-0.15, -0.1) is 0 Å². The van der Waals surface area contributed by atoms with Crippen LogP contribution in [0.25, 0.3) is 33.3 Å². The van der Waals surface area contributed by atoms with Gasteiger partial charge < -0.3 is 4.74 Å². The molecule has 41 heavy (non-hydrogen) atoms. The lowest BCUT2D eigenvalue weighted by Crippen LogP contribution is -2.27. The minimum Gasteiger partial charge on any atom is -0.465 e. The minimum atomic E-state index is -3.94. The summed E-state index contributed by atoms with van der Waals surface area (Å²) in [5.74, 6) is -0.433. The molecule has 0 aliphatic carbocycles. The number of methoxy groups -OCH3 is 1. The summed E-state index contributed by atoms with van der Waals surface area (Å²) in [6, 6.07) is 31.5. The molecule has 0 unspecified atom stereocenters. The van der Waals surface area contributed by atoms with Crippen molar-refractivity contribution < 1.29 is 17.9 Å². The van der Waals surface area contributed by atoms with Gasteiger partial charge in [-0.1, -0.05) is 78.4 Å². The molecule has 4 aromatic rings. The van der Waals surface area contributed by atoms with E-state index in [0.29, 0.717) is 17.7 Å². The first-order valence-electron chi connectivity index (χ1n) is 13.1. The second kappa shape index (κ2) is 10.6. The zero-order valence-electron chi connectivity index (χ0n) is 22.5. The number of pyridine rings is 1. The molecular weight excluding hydrogens is 534 g/mol. The Morgan fingerprint density at radius 2 is 1.56 bits per heavy atom. The Hall–Kier alpha value is -4.95. The first-order chi connectivity index (χ1) is 19.8. The van der Waals surface area contributed by atoms with Crippen LogP contribution < -0.4 is 4.83 Å². The van der Waals surface area contributed by atoms with Crippen molar-refractivity contribution in [1.29, 1.82) is 0 Å². The van der Waals surface area contributed by atoms with E-state index in [-0.39, 0.29) is 4.90 Å². The molecule has 2 heterocycles. The second-order valence-electron chi connectivity index (χ2n) is 9.85. The fourth-order valence-corrected chi connectivity index (χ4v) is 6.05. The van der Waals surface area contributed by atoms with E-state index < -0.39 is 16.0 Å². The van der Waals surface area contributed by atoms with Gasteiger partial charge in [0.2, 0.25) is 0 Å². The van der Waals surface area contributed by atoms with Gasteiger partial charge in [0.1, 0.15) is 0 Å². The number of sulfonamides is 1. The molecule has 0 saturated carbocycles. The summed E-state index contributed by atoms with van der Waals surface area (Å²) >= 11 is 0. The van der Waals surface area contributed by atoms with Crippen molar-refractivity contribution in [3.05, 3.63) is 132 Å². The van der Waals surface area contributed by atoms with E-state index in [0.717, 1.165) is 44.4 Å². The average Bonchev–Trinajstić information content (AvgIpc) is 3.35. The van der Waals surface area contributed by atoms with E-state index in [1.165, 1.54) is 7.11 Å². The fraction of sp³-hybridized carbons (Fsp3) is 0.0909. The summed E-state index contributed by atoms with van der Waals surface area (Å²) in [5, 5.41) is 0.907. The SMILES string of the molecule is COC(=O)c1ccc(-c2c3nc4ccccc4c-3cn(NS(=O)(=O)c3ccc(C)cc3)c2Cc2ccccc2)cc1. The zero-order valence-corrected chi connectivity index (χ0v) is 23.4. The number of rotatable bonds is 7. The van der Waals surface area contributed by atoms with E-state index >= 15 is 0 Å². The number of ether oxygens (including phenoxy) is 1.